The molecule has 3 aliphatic rings. The molecule has 4 atom stereocenters. The molecule has 0 saturated carbocycles. The molecule has 78 valence electrons. The minimum absolute atomic E-state index is 0.0285. The molecular formula is C10H14O4. The molecule has 0 N–H and O–H groups in total. The SMILES string of the molecule is C=C1O[C@H]([C@H]2COC(C)(C)O2)[C@@H]2O[C@H]12. The monoisotopic (exact) mass is 198 g/mol. The normalized spacial score (nSPS) is 48.9. The van der Waals surface area contributed by atoms with Crippen LogP contribution in [0.5, 0.6) is 0 Å². The van der Waals surface area contributed by atoms with Crippen molar-refractivity contribution in [3.63, 3.8) is 0 Å². The molecule has 4 heteroatoms. The maximum atomic E-state index is 5.71. The highest BCUT2D eigenvalue weighted by Gasteiger charge is 2.59. The molecule has 3 rings (SSSR count). The molecule has 0 spiro atoms. The van der Waals surface area contributed by atoms with Crippen LogP contribution < -0.4 is 0 Å². The Morgan fingerprint density at radius 3 is 2.57 bits per heavy atom. The molecule has 3 saturated heterocycles. The van der Waals surface area contributed by atoms with Crippen molar-refractivity contribution in [2.45, 2.75) is 44.1 Å². The van der Waals surface area contributed by atoms with Crippen LogP contribution in [0.1, 0.15) is 13.8 Å². The van der Waals surface area contributed by atoms with Gasteiger partial charge in [0.15, 0.2) is 11.9 Å². The molecule has 0 bridgehead atoms. The van der Waals surface area contributed by atoms with Crippen LogP contribution in [-0.4, -0.2) is 36.8 Å². The van der Waals surface area contributed by atoms with E-state index in [1.54, 1.807) is 0 Å². The second kappa shape index (κ2) is 2.51. The summed E-state index contributed by atoms with van der Waals surface area (Å²) in [4.78, 5) is 0. The summed E-state index contributed by atoms with van der Waals surface area (Å²) in [6, 6.07) is 0. The fraction of sp³-hybridized carbons (Fsp3) is 0.800. The summed E-state index contributed by atoms with van der Waals surface area (Å²) in [5.41, 5.74) is 0. The van der Waals surface area contributed by atoms with E-state index in [1.807, 2.05) is 13.8 Å². The van der Waals surface area contributed by atoms with Crippen molar-refractivity contribution < 1.29 is 18.9 Å². The molecule has 0 amide bonds. The van der Waals surface area contributed by atoms with Gasteiger partial charge in [0.2, 0.25) is 0 Å². The van der Waals surface area contributed by atoms with Crippen LogP contribution in [0.15, 0.2) is 12.3 Å². The van der Waals surface area contributed by atoms with Gasteiger partial charge in [0.1, 0.15) is 24.1 Å². The Morgan fingerprint density at radius 1 is 1.36 bits per heavy atom. The summed E-state index contributed by atoms with van der Waals surface area (Å²) in [6.45, 7) is 8.17. The molecule has 0 aromatic heterocycles. The summed E-state index contributed by atoms with van der Waals surface area (Å²) in [6.07, 6.45) is 0.186. The van der Waals surface area contributed by atoms with Gasteiger partial charge in [-0.1, -0.05) is 6.58 Å². The molecule has 3 aliphatic heterocycles. The van der Waals surface area contributed by atoms with E-state index in [1.165, 1.54) is 0 Å². The first-order chi connectivity index (χ1) is 6.57. The second-order valence-corrected chi connectivity index (χ2v) is 4.44. The summed E-state index contributed by atoms with van der Waals surface area (Å²) in [7, 11) is 0. The molecule has 3 fully saturated rings. The maximum Gasteiger partial charge on any atom is 0.163 e. The summed E-state index contributed by atoms with van der Waals surface area (Å²) >= 11 is 0. The highest BCUT2D eigenvalue weighted by atomic mass is 16.8. The van der Waals surface area contributed by atoms with E-state index >= 15 is 0 Å². The topological polar surface area (TPSA) is 40.2 Å². The van der Waals surface area contributed by atoms with Crippen LogP contribution in [0.3, 0.4) is 0 Å². The van der Waals surface area contributed by atoms with E-state index in [2.05, 4.69) is 6.58 Å². The minimum Gasteiger partial charge on any atom is -0.487 e. The Bertz CT molecular complexity index is 286. The zero-order valence-corrected chi connectivity index (χ0v) is 8.36. The van der Waals surface area contributed by atoms with E-state index < -0.39 is 5.79 Å². The Morgan fingerprint density at radius 2 is 2.14 bits per heavy atom. The quantitative estimate of drug-likeness (QED) is 0.585. The van der Waals surface area contributed by atoms with Crippen molar-refractivity contribution in [1.82, 2.24) is 0 Å². The Labute approximate surface area is 82.8 Å². The van der Waals surface area contributed by atoms with Crippen LogP contribution in [-0.2, 0) is 18.9 Å². The highest BCUT2D eigenvalue weighted by Crippen LogP contribution is 2.44. The molecule has 0 aromatic carbocycles. The fourth-order valence-corrected chi connectivity index (χ4v) is 2.11. The van der Waals surface area contributed by atoms with Crippen LogP contribution in [0.2, 0.25) is 0 Å². The van der Waals surface area contributed by atoms with Gasteiger partial charge in [-0.3, -0.25) is 0 Å². The Hall–Kier alpha value is -0.580. The van der Waals surface area contributed by atoms with Crippen molar-refractivity contribution in [1.29, 1.82) is 0 Å². The standard InChI is InChI=1S/C10H14O4/c1-5-7-9(13-7)8(12-5)6-4-11-10(2,3)14-6/h6-9H,1,4H2,2-3H3/t6-,7-,8-,9-/m1/s1. The third-order valence-electron chi connectivity index (χ3n) is 2.85. The third kappa shape index (κ3) is 1.18. The number of hydrogen-bond donors (Lipinski definition) is 0. The molecule has 0 aliphatic carbocycles. The molecule has 4 nitrogen and oxygen atoms in total. The minimum atomic E-state index is -0.498. The van der Waals surface area contributed by atoms with Crippen LogP contribution in [0.25, 0.3) is 0 Å². The number of rotatable bonds is 1. The van der Waals surface area contributed by atoms with Gasteiger partial charge in [0.25, 0.3) is 0 Å². The molecule has 0 unspecified atom stereocenters. The molecule has 0 radical (unpaired) electrons. The zero-order chi connectivity index (χ0) is 9.92. The van der Waals surface area contributed by atoms with Crippen molar-refractivity contribution in [2.75, 3.05) is 6.61 Å². The van der Waals surface area contributed by atoms with Gasteiger partial charge >= 0.3 is 0 Å². The lowest BCUT2D eigenvalue weighted by Gasteiger charge is -2.21. The number of fused-ring (bicyclic) bond motifs is 1. The van der Waals surface area contributed by atoms with E-state index in [0.29, 0.717) is 6.61 Å². The van der Waals surface area contributed by atoms with E-state index in [9.17, 15) is 0 Å². The third-order valence-corrected chi connectivity index (χ3v) is 2.85. The van der Waals surface area contributed by atoms with E-state index in [-0.39, 0.29) is 24.4 Å². The lowest BCUT2D eigenvalue weighted by atomic mass is 10.1. The largest absolute Gasteiger partial charge is 0.487 e. The predicted octanol–water partition coefficient (Wildman–Crippen LogP) is 0.818. The summed E-state index contributed by atoms with van der Waals surface area (Å²) < 4.78 is 22.2. The van der Waals surface area contributed by atoms with Crippen molar-refractivity contribution in [3.05, 3.63) is 12.3 Å². The summed E-state index contributed by atoms with van der Waals surface area (Å²) in [5, 5.41) is 0. The van der Waals surface area contributed by atoms with Crippen LogP contribution in [0, 0.1) is 0 Å². The predicted molar refractivity (Wildman–Crippen MR) is 47.6 cm³/mol. The van der Waals surface area contributed by atoms with E-state index in [4.69, 9.17) is 18.9 Å². The second-order valence-electron chi connectivity index (χ2n) is 4.44. The highest BCUT2D eigenvalue weighted by molar-refractivity contribution is 5.17. The van der Waals surface area contributed by atoms with E-state index in [0.717, 1.165) is 5.76 Å². The van der Waals surface area contributed by atoms with Crippen molar-refractivity contribution in [2.24, 2.45) is 0 Å². The van der Waals surface area contributed by atoms with Crippen molar-refractivity contribution in [3.8, 4) is 0 Å². The first kappa shape index (κ1) is 8.71. The van der Waals surface area contributed by atoms with Gasteiger partial charge in [-0.15, -0.1) is 0 Å². The Kier molecular flexibility index (Phi) is 1.56. The van der Waals surface area contributed by atoms with Crippen LogP contribution >= 0.6 is 0 Å². The molecule has 0 aromatic rings. The molecular weight excluding hydrogens is 184 g/mol. The fourth-order valence-electron chi connectivity index (χ4n) is 2.11. The lowest BCUT2D eigenvalue weighted by molar-refractivity contribution is -0.153. The number of epoxide rings is 1. The van der Waals surface area contributed by atoms with Crippen LogP contribution in [0.4, 0.5) is 0 Å². The van der Waals surface area contributed by atoms with Gasteiger partial charge < -0.3 is 18.9 Å². The Balaban J connectivity index is 1.70. The zero-order valence-electron chi connectivity index (χ0n) is 8.36. The number of ether oxygens (including phenoxy) is 4. The van der Waals surface area contributed by atoms with Crippen molar-refractivity contribution >= 4 is 0 Å². The molecule has 3 heterocycles. The first-order valence-corrected chi connectivity index (χ1v) is 4.89. The smallest absolute Gasteiger partial charge is 0.163 e. The van der Waals surface area contributed by atoms with Gasteiger partial charge in [-0.05, 0) is 13.8 Å². The number of hydrogen-bond acceptors (Lipinski definition) is 4. The van der Waals surface area contributed by atoms with Gasteiger partial charge in [0, 0.05) is 0 Å². The maximum absolute atomic E-state index is 5.71. The van der Waals surface area contributed by atoms with Gasteiger partial charge in [-0.25, -0.2) is 0 Å². The lowest BCUT2D eigenvalue weighted by Crippen LogP contribution is -2.34. The summed E-state index contributed by atoms with van der Waals surface area (Å²) in [5.74, 6) is 0.232. The average molecular weight is 198 g/mol. The molecule has 14 heavy (non-hydrogen) atoms. The van der Waals surface area contributed by atoms with Gasteiger partial charge in [-0.2, -0.15) is 0 Å². The first-order valence-electron chi connectivity index (χ1n) is 4.89. The average Bonchev–Trinajstić information content (AvgIpc) is 2.72. The van der Waals surface area contributed by atoms with Gasteiger partial charge in [0.05, 0.1) is 6.61 Å².